The summed E-state index contributed by atoms with van der Waals surface area (Å²) < 4.78 is 15.9. The summed E-state index contributed by atoms with van der Waals surface area (Å²) in [6.45, 7) is 10.6. The van der Waals surface area contributed by atoms with Gasteiger partial charge in [-0.2, -0.15) is 5.26 Å². The highest BCUT2D eigenvalue weighted by Gasteiger charge is 2.33. The van der Waals surface area contributed by atoms with Gasteiger partial charge in [0.1, 0.15) is 28.1 Å². The molecule has 5 rings (SSSR count). The van der Waals surface area contributed by atoms with Crippen molar-refractivity contribution in [3.8, 4) is 23.1 Å². The third-order valence-electron chi connectivity index (χ3n) is 7.96. The lowest BCUT2D eigenvalue weighted by molar-refractivity contribution is -0.126. The van der Waals surface area contributed by atoms with E-state index < -0.39 is 27.2 Å². The highest BCUT2D eigenvalue weighted by Crippen LogP contribution is 2.49. The van der Waals surface area contributed by atoms with Gasteiger partial charge in [-0.1, -0.05) is 66.8 Å². The summed E-state index contributed by atoms with van der Waals surface area (Å²) in [5.74, 6) is -2.07. The second-order valence-corrected chi connectivity index (χ2v) is 12.5. The van der Waals surface area contributed by atoms with Crippen molar-refractivity contribution in [3.05, 3.63) is 78.4 Å². The van der Waals surface area contributed by atoms with E-state index in [1.807, 2.05) is 25.7 Å². The largest absolute Gasteiger partial charge is 0.506 e. The molecule has 45 heavy (non-hydrogen) atoms. The van der Waals surface area contributed by atoms with Crippen LogP contribution in [0.25, 0.3) is 28.0 Å². The number of aromatic nitrogens is 2. The fraction of sp³-hybridized carbons (Fsp3) is 0.290. The van der Waals surface area contributed by atoms with Crippen LogP contribution in [-0.2, 0) is 4.79 Å². The van der Waals surface area contributed by atoms with Crippen molar-refractivity contribution in [2.24, 2.45) is 5.92 Å². The number of phenols is 1. The minimum atomic E-state index is -1.12. The van der Waals surface area contributed by atoms with E-state index in [0.717, 1.165) is 5.57 Å². The number of anilines is 1. The Morgan fingerprint density at radius 3 is 2.47 bits per heavy atom. The first-order valence-electron chi connectivity index (χ1n) is 13.9. The second kappa shape index (κ2) is 12.6. The lowest BCUT2D eigenvalue weighted by atomic mass is 9.94. The zero-order valence-corrected chi connectivity index (χ0v) is 27.4. The molecule has 2 N–H and O–H groups in total. The summed E-state index contributed by atoms with van der Waals surface area (Å²) in [5, 5.41) is 23.3. The molecule has 2 aliphatic rings. The Hall–Kier alpha value is -3.75. The van der Waals surface area contributed by atoms with E-state index in [9.17, 15) is 24.3 Å². The normalized spacial score (nSPS) is 16.8. The number of piperazine rings is 1. The van der Waals surface area contributed by atoms with E-state index in [2.05, 4.69) is 18.0 Å². The van der Waals surface area contributed by atoms with E-state index >= 15 is 0 Å². The fourth-order valence-corrected chi connectivity index (χ4v) is 6.66. The number of nitrogens with zero attached hydrogens (tertiary/aromatic N) is 5. The number of aromatic hydroxyl groups is 1. The molecule has 9 nitrogen and oxygen atoms in total. The Bertz CT molecular complexity index is 1910. The van der Waals surface area contributed by atoms with Crippen molar-refractivity contribution >= 4 is 74.7 Å². The lowest BCUT2D eigenvalue weighted by Crippen LogP contribution is -2.49. The Morgan fingerprint density at radius 2 is 1.87 bits per heavy atom. The minimum Gasteiger partial charge on any atom is -0.506 e. The third-order valence-corrected chi connectivity index (χ3v) is 9.43. The van der Waals surface area contributed by atoms with Gasteiger partial charge in [0.15, 0.2) is 5.82 Å². The van der Waals surface area contributed by atoms with Crippen LogP contribution in [0.15, 0.2) is 41.4 Å². The number of halogens is 5. The monoisotopic (exact) mass is 690 g/mol. The molecule has 0 unspecified atom stereocenters. The number of amides is 1. The number of pyridine rings is 2. The number of nitriles is 1. The molecule has 1 atom stereocenters. The Morgan fingerprint density at radius 1 is 1.20 bits per heavy atom. The zero-order valence-electron chi connectivity index (χ0n) is 24.4. The number of hydrogen-bond acceptors (Lipinski definition) is 7. The molecule has 0 radical (unpaired) electrons. The van der Waals surface area contributed by atoms with Crippen LogP contribution in [0.1, 0.15) is 26.3 Å². The lowest BCUT2D eigenvalue weighted by Gasteiger charge is -2.37. The quantitative estimate of drug-likeness (QED) is 0.176. The molecule has 4 heterocycles. The molecule has 234 valence electrons. The van der Waals surface area contributed by atoms with Gasteiger partial charge in [0.2, 0.25) is 5.91 Å². The zero-order chi connectivity index (χ0) is 32.9. The summed E-state index contributed by atoms with van der Waals surface area (Å²) in [4.78, 5) is 34.9. The molecule has 1 fully saturated rings. The third kappa shape index (κ3) is 5.42. The predicted molar refractivity (Wildman–Crippen MR) is 177 cm³/mol. The highest BCUT2D eigenvalue weighted by molar-refractivity contribution is 6.46. The summed E-state index contributed by atoms with van der Waals surface area (Å²) in [5.41, 5.74) is 0.588. The number of fused-ring (bicyclic) bond motifs is 1. The minimum absolute atomic E-state index is 0.00232. The van der Waals surface area contributed by atoms with E-state index in [4.69, 9.17) is 51.4 Å². The molecule has 2 aromatic heterocycles. The van der Waals surface area contributed by atoms with Gasteiger partial charge in [0.25, 0.3) is 5.56 Å². The van der Waals surface area contributed by atoms with Gasteiger partial charge in [-0.3, -0.25) is 14.2 Å². The molecule has 1 aromatic carbocycles. The highest BCUT2D eigenvalue weighted by atomic mass is 35.5. The van der Waals surface area contributed by atoms with Crippen LogP contribution in [-0.4, -0.2) is 57.7 Å². The van der Waals surface area contributed by atoms with E-state index in [0.29, 0.717) is 42.9 Å². The number of phenolic OH excluding ortho intramolecular Hbond substituents is 1. The van der Waals surface area contributed by atoms with Crippen molar-refractivity contribution in [3.63, 3.8) is 0 Å². The number of nitrogens with one attached hydrogen (secondary N) is 1. The van der Waals surface area contributed by atoms with Gasteiger partial charge in [0, 0.05) is 31.6 Å². The summed E-state index contributed by atoms with van der Waals surface area (Å²) in [7, 11) is 0. The molecule has 0 aliphatic carbocycles. The van der Waals surface area contributed by atoms with Crippen molar-refractivity contribution in [2.45, 2.75) is 26.8 Å². The molecule has 0 spiro atoms. The Labute approximate surface area is 278 Å². The maximum Gasteiger partial charge on any atom is 0.276 e. The van der Waals surface area contributed by atoms with E-state index in [1.54, 1.807) is 17.2 Å². The maximum absolute atomic E-state index is 14.6. The predicted octanol–water partition coefficient (Wildman–Crippen LogP) is 6.60. The number of carbonyl (C=O) groups excluding carboxylic acids is 1. The number of hydrogen-bond donors (Lipinski definition) is 2. The molecule has 0 saturated carbocycles. The standard InChI is InChI=1S/C31H27Cl4FN6O3/c1-5-19(43)40-8-10-41(11-9-40)28-16-12-18(32)26(20-21(33)22(34)24(36)23(35)29(20)44)39-30(16)42(31(45)17(28)13-37)27-15(4)6-7-38-25(27)14(2)3/h5-7,12,14,25,38,44H,1,8-11H2,2-4H3/t25-/m1/s1. The first kappa shape index (κ1) is 32.6. The van der Waals surface area contributed by atoms with Crippen LogP contribution in [0.2, 0.25) is 20.1 Å². The van der Waals surface area contributed by atoms with Gasteiger partial charge in [-0.05, 0) is 42.8 Å². The summed E-state index contributed by atoms with van der Waals surface area (Å²) in [6, 6.07) is 3.26. The molecule has 0 bridgehead atoms. The van der Waals surface area contributed by atoms with Gasteiger partial charge in [0.05, 0.1) is 43.8 Å². The van der Waals surface area contributed by atoms with Crippen LogP contribution in [0.4, 0.5) is 10.1 Å². The molecule has 3 aromatic rings. The smallest absolute Gasteiger partial charge is 0.276 e. The Kier molecular flexibility index (Phi) is 9.11. The van der Waals surface area contributed by atoms with Gasteiger partial charge in [-0.25, -0.2) is 9.37 Å². The van der Waals surface area contributed by atoms with Crippen LogP contribution >= 0.6 is 46.4 Å². The first-order valence-corrected chi connectivity index (χ1v) is 15.4. The van der Waals surface area contributed by atoms with Crippen molar-refractivity contribution in [1.82, 2.24) is 19.8 Å². The van der Waals surface area contributed by atoms with Crippen LogP contribution in [0, 0.1) is 23.1 Å². The molecule has 1 saturated heterocycles. The topological polar surface area (TPSA) is 114 Å². The number of benzene rings is 1. The number of allylic oxidation sites excluding steroid dienone is 2. The molecule has 14 heteroatoms. The summed E-state index contributed by atoms with van der Waals surface area (Å²) in [6.07, 6.45) is 4.83. The van der Waals surface area contributed by atoms with E-state index in [1.165, 1.54) is 16.7 Å². The molecule has 2 aliphatic heterocycles. The van der Waals surface area contributed by atoms with Gasteiger partial charge < -0.3 is 20.2 Å². The molecule has 1 amide bonds. The first-order chi connectivity index (χ1) is 21.3. The maximum atomic E-state index is 14.6. The molecular weight excluding hydrogens is 665 g/mol. The number of dihydropyridines is 1. The van der Waals surface area contributed by atoms with Crippen LogP contribution < -0.4 is 15.8 Å². The number of carbonyl (C=O) groups is 1. The second-order valence-electron chi connectivity index (χ2n) is 11.0. The Balaban J connectivity index is 1.90. The van der Waals surface area contributed by atoms with Crippen molar-refractivity contribution in [2.75, 3.05) is 31.1 Å². The average Bonchev–Trinajstić information content (AvgIpc) is 3.02. The van der Waals surface area contributed by atoms with E-state index in [-0.39, 0.29) is 50.4 Å². The van der Waals surface area contributed by atoms with Crippen LogP contribution in [0.3, 0.4) is 0 Å². The van der Waals surface area contributed by atoms with Crippen molar-refractivity contribution in [1.29, 1.82) is 5.26 Å². The van der Waals surface area contributed by atoms with Crippen molar-refractivity contribution < 1.29 is 14.3 Å². The van der Waals surface area contributed by atoms with Crippen LogP contribution in [0.5, 0.6) is 5.75 Å². The fourth-order valence-electron chi connectivity index (χ4n) is 5.72. The summed E-state index contributed by atoms with van der Waals surface area (Å²) >= 11 is 25.4. The van der Waals surface area contributed by atoms with Gasteiger partial charge in [-0.15, -0.1) is 0 Å². The number of rotatable bonds is 5. The SMILES string of the molecule is C=CC(=O)N1CCN(c2c(C#N)c(=O)n(C3=C(C)C=CN[C@@H]3C(C)C)c3nc(-c4c(O)c(Cl)c(F)c(Cl)c4Cl)c(Cl)cc23)CC1. The average molecular weight is 692 g/mol. The molecular formula is C31H27Cl4FN6O3. The van der Waals surface area contributed by atoms with Gasteiger partial charge >= 0.3 is 0 Å².